The van der Waals surface area contributed by atoms with E-state index in [0.29, 0.717) is 25.1 Å². The number of aliphatic carboxylic acids is 1. The lowest BCUT2D eigenvalue weighted by atomic mass is 10.00. The zero-order chi connectivity index (χ0) is 16.1. The van der Waals surface area contributed by atoms with E-state index in [0.717, 1.165) is 30.7 Å². The standard InChI is InChI=1S/C17H23NO4.ClH/c1-3-22-16-8-7-13(12(2)19)10-14(16)11-18-9-5-4-6-15(18)17(20)21;/h7-8,10,15H,3-6,9,11H2,1-2H3,(H,20,21);1H. The lowest BCUT2D eigenvalue weighted by molar-refractivity contribution is -0.144. The van der Waals surface area contributed by atoms with Gasteiger partial charge in [0.1, 0.15) is 11.8 Å². The number of ether oxygens (including phenoxy) is 1. The number of likely N-dealkylation sites (tertiary alicyclic amines) is 1. The number of Topliss-reactive ketones (excluding diaryl/α,β-unsaturated/α-hetero) is 1. The van der Waals surface area contributed by atoms with E-state index in [1.54, 1.807) is 12.1 Å². The minimum absolute atomic E-state index is 0. The molecule has 1 N–H and O–H groups in total. The minimum atomic E-state index is -0.777. The van der Waals surface area contributed by atoms with Crippen LogP contribution in [0.2, 0.25) is 0 Å². The molecule has 0 radical (unpaired) electrons. The minimum Gasteiger partial charge on any atom is -0.494 e. The molecule has 1 atom stereocenters. The molecule has 1 aliphatic heterocycles. The summed E-state index contributed by atoms with van der Waals surface area (Å²) in [6.45, 7) is 5.22. The summed E-state index contributed by atoms with van der Waals surface area (Å²) in [5.41, 5.74) is 1.50. The average molecular weight is 342 g/mol. The summed E-state index contributed by atoms with van der Waals surface area (Å²) in [5, 5.41) is 9.38. The smallest absolute Gasteiger partial charge is 0.320 e. The van der Waals surface area contributed by atoms with Gasteiger partial charge in [-0.25, -0.2) is 0 Å². The Morgan fingerprint density at radius 2 is 2.09 bits per heavy atom. The van der Waals surface area contributed by atoms with Crippen LogP contribution in [-0.2, 0) is 11.3 Å². The number of carboxylic acid groups (broad SMARTS) is 1. The van der Waals surface area contributed by atoms with Gasteiger partial charge in [-0.05, 0) is 51.4 Å². The van der Waals surface area contributed by atoms with Gasteiger partial charge in [-0.2, -0.15) is 0 Å². The number of hydrogen-bond donors (Lipinski definition) is 1. The highest BCUT2D eigenvalue weighted by Crippen LogP contribution is 2.26. The maximum absolute atomic E-state index is 11.6. The maximum Gasteiger partial charge on any atom is 0.320 e. The van der Waals surface area contributed by atoms with Crippen LogP contribution in [-0.4, -0.2) is 41.0 Å². The van der Waals surface area contributed by atoms with Gasteiger partial charge in [-0.3, -0.25) is 14.5 Å². The Kier molecular flexibility index (Phi) is 7.52. The van der Waals surface area contributed by atoms with Crippen LogP contribution in [0.4, 0.5) is 0 Å². The van der Waals surface area contributed by atoms with Crippen molar-refractivity contribution in [3.63, 3.8) is 0 Å². The van der Waals surface area contributed by atoms with Gasteiger partial charge < -0.3 is 9.84 Å². The van der Waals surface area contributed by atoms with Gasteiger partial charge >= 0.3 is 5.97 Å². The van der Waals surface area contributed by atoms with Crippen molar-refractivity contribution in [3.05, 3.63) is 29.3 Å². The Labute approximate surface area is 143 Å². The van der Waals surface area contributed by atoms with E-state index >= 15 is 0 Å². The Morgan fingerprint density at radius 1 is 1.35 bits per heavy atom. The van der Waals surface area contributed by atoms with Crippen molar-refractivity contribution in [3.8, 4) is 5.75 Å². The van der Waals surface area contributed by atoms with Crippen LogP contribution in [0.3, 0.4) is 0 Å². The molecule has 2 rings (SSSR count). The molecule has 0 bridgehead atoms. The highest BCUT2D eigenvalue weighted by atomic mass is 35.5. The molecule has 0 aliphatic carbocycles. The van der Waals surface area contributed by atoms with E-state index in [1.807, 2.05) is 17.9 Å². The van der Waals surface area contributed by atoms with E-state index in [-0.39, 0.29) is 18.2 Å². The third-order valence-electron chi connectivity index (χ3n) is 4.04. The molecule has 1 aliphatic rings. The first kappa shape index (κ1) is 19.5. The molecule has 0 saturated carbocycles. The summed E-state index contributed by atoms with van der Waals surface area (Å²) in [6, 6.07) is 4.92. The molecule has 5 nitrogen and oxygen atoms in total. The number of piperidine rings is 1. The number of carboxylic acids is 1. The number of rotatable bonds is 6. The molecule has 0 amide bonds. The van der Waals surface area contributed by atoms with Gasteiger partial charge in [0.2, 0.25) is 0 Å². The fourth-order valence-electron chi connectivity index (χ4n) is 2.90. The van der Waals surface area contributed by atoms with Crippen LogP contribution >= 0.6 is 12.4 Å². The van der Waals surface area contributed by atoms with Gasteiger partial charge in [0.05, 0.1) is 6.61 Å². The van der Waals surface area contributed by atoms with E-state index in [1.165, 1.54) is 6.92 Å². The van der Waals surface area contributed by atoms with Crippen LogP contribution in [0, 0.1) is 0 Å². The van der Waals surface area contributed by atoms with E-state index in [4.69, 9.17) is 4.74 Å². The van der Waals surface area contributed by atoms with E-state index in [2.05, 4.69) is 0 Å². The summed E-state index contributed by atoms with van der Waals surface area (Å²) in [5.74, 6) is -0.0553. The predicted molar refractivity (Wildman–Crippen MR) is 90.5 cm³/mol. The second-order valence-electron chi connectivity index (χ2n) is 5.63. The molecule has 0 aromatic heterocycles. The van der Waals surface area contributed by atoms with Crippen molar-refractivity contribution >= 4 is 24.2 Å². The molecule has 1 aromatic rings. The summed E-state index contributed by atoms with van der Waals surface area (Å²) >= 11 is 0. The molecule has 1 unspecified atom stereocenters. The third kappa shape index (κ3) is 4.94. The fourth-order valence-corrected chi connectivity index (χ4v) is 2.90. The van der Waals surface area contributed by atoms with E-state index < -0.39 is 12.0 Å². The van der Waals surface area contributed by atoms with Crippen molar-refractivity contribution < 1.29 is 19.4 Å². The average Bonchev–Trinajstić information content (AvgIpc) is 2.49. The van der Waals surface area contributed by atoms with Crippen LogP contribution < -0.4 is 4.74 Å². The number of ketones is 1. The molecule has 128 valence electrons. The number of halogens is 1. The van der Waals surface area contributed by atoms with Crippen molar-refractivity contribution in [2.24, 2.45) is 0 Å². The van der Waals surface area contributed by atoms with Crippen LogP contribution in [0.15, 0.2) is 18.2 Å². The maximum atomic E-state index is 11.6. The fraction of sp³-hybridized carbons (Fsp3) is 0.529. The first-order chi connectivity index (χ1) is 10.5. The number of benzene rings is 1. The zero-order valence-corrected chi connectivity index (χ0v) is 14.4. The quantitative estimate of drug-likeness (QED) is 0.805. The van der Waals surface area contributed by atoms with Gasteiger partial charge in [0.15, 0.2) is 5.78 Å². The van der Waals surface area contributed by atoms with Crippen molar-refractivity contribution in [2.45, 2.75) is 45.7 Å². The largest absolute Gasteiger partial charge is 0.494 e. The number of nitrogens with zero attached hydrogens (tertiary/aromatic N) is 1. The molecule has 23 heavy (non-hydrogen) atoms. The second-order valence-corrected chi connectivity index (χ2v) is 5.63. The van der Waals surface area contributed by atoms with Crippen molar-refractivity contribution in [1.29, 1.82) is 0 Å². The van der Waals surface area contributed by atoms with Gasteiger partial charge in [0.25, 0.3) is 0 Å². The lowest BCUT2D eigenvalue weighted by Crippen LogP contribution is -2.44. The van der Waals surface area contributed by atoms with Gasteiger partial charge in [0, 0.05) is 17.7 Å². The molecular weight excluding hydrogens is 318 g/mol. The van der Waals surface area contributed by atoms with Gasteiger partial charge in [-0.15, -0.1) is 12.4 Å². The van der Waals surface area contributed by atoms with Crippen LogP contribution in [0.1, 0.15) is 49.0 Å². The highest BCUT2D eigenvalue weighted by molar-refractivity contribution is 5.94. The highest BCUT2D eigenvalue weighted by Gasteiger charge is 2.29. The first-order valence-corrected chi connectivity index (χ1v) is 7.76. The van der Waals surface area contributed by atoms with Crippen molar-refractivity contribution in [2.75, 3.05) is 13.2 Å². The van der Waals surface area contributed by atoms with E-state index in [9.17, 15) is 14.7 Å². The summed E-state index contributed by atoms with van der Waals surface area (Å²) in [7, 11) is 0. The molecule has 1 saturated heterocycles. The Morgan fingerprint density at radius 3 is 2.70 bits per heavy atom. The number of carbonyl (C=O) groups excluding carboxylic acids is 1. The van der Waals surface area contributed by atoms with Crippen LogP contribution in [0.25, 0.3) is 0 Å². The van der Waals surface area contributed by atoms with Crippen LogP contribution in [0.5, 0.6) is 5.75 Å². The summed E-state index contributed by atoms with van der Waals surface area (Å²) in [6.07, 6.45) is 2.62. The summed E-state index contributed by atoms with van der Waals surface area (Å²) < 4.78 is 5.62. The Bertz CT molecular complexity index is 562. The summed E-state index contributed by atoms with van der Waals surface area (Å²) in [4.78, 5) is 25.0. The lowest BCUT2D eigenvalue weighted by Gasteiger charge is -2.33. The second kappa shape index (κ2) is 8.89. The SMILES string of the molecule is CCOc1ccc(C(C)=O)cc1CN1CCCCC1C(=O)O.Cl. The van der Waals surface area contributed by atoms with Gasteiger partial charge in [-0.1, -0.05) is 6.42 Å². The Balaban J connectivity index is 0.00000264. The number of carbonyl (C=O) groups is 2. The topological polar surface area (TPSA) is 66.8 Å². The molecule has 1 fully saturated rings. The predicted octanol–water partition coefficient (Wildman–Crippen LogP) is 3.15. The Hall–Kier alpha value is -1.59. The third-order valence-corrected chi connectivity index (χ3v) is 4.04. The molecule has 1 heterocycles. The number of hydrogen-bond acceptors (Lipinski definition) is 4. The molecule has 0 spiro atoms. The first-order valence-electron chi connectivity index (χ1n) is 7.76. The molecular formula is C17H24ClNO4. The monoisotopic (exact) mass is 341 g/mol. The van der Waals surface area contributed by atoms with Crippen molar-refractivity contribution in [1.82, 2.24) is 4.90 Å². The zero-order valence-electron chi connectivity index (χ0n) is 13.6. The normalized spacial score (nSPS) is 18.1. The molecule has 1 aromatic carbocycles. The molecule has 6 heteroatoms.